The Kier molecular flexibility index (Phi) is 7.26. The number of halogens is 1. The van der Waals surface area contributed by atoms with Crippen LogP contribution in [0, 0.1) is 17.2 Å². The first-order chi connectivity index (χ1) is 15.5. The van der Waals surface area contributed by atoms with Crippen molar-refractivity contribution in [2.75, 3.05) is 11.1 Å². The summed E-state index contributed by atoms with van der Waals surface area (Å²) >= 11 is 9.05. The number of pyridine rings is 1. The van der Waals surface area contributed by atoms with Crippen LogP contribution in [0.25, 0.3) is 0 Å². The second-order valence-corrected chi connectivity index (χ2v) is 10.1. The molecular weight excluding hydrogens is 460 g/mol. The van der Waals surface area contributed by atoms with Gasteiger partial charge in [-0.2, -0.15) is 5.26 Å². The number of carbonyl (C=O) groups excluding carboxylic acids is 1. The molecule has 0 spiro atoms. The van der Waals surface area contributed by atoms with Gasteiger partial charge in [-0.15, -0.1) is 23.1 Å². The Morgan fingerprint density at radius 2 is 2.25 bits per heavy atom. The molecule has 0 bridgehead atoms. The van der Waals surface area contributed by atoms with Crippen LogP contribution in [0.15, 0.2) is 52.5 Å². The number of rotatable bonds is 6. The van der Waals surface area contributed by atoms with Crippen LogP contribution in [-0.2, 0) is 17.6 Å². The highest BCUT2D eigenvalue weighted by Gasteiger charge is 2.24. The number of amides is 1. The summed E-state index contributed by atoms with van der Waals surface area (Å²) < 4.78 is 0. The van der Waals surface area contributed by atoms with Gasteiger partial charge in [-0.25, -0.2) is 4.98 Å². The highest BCUT2D eigenvalue weighted by Crippen LogP contribution is 2.39. The van der Waals surface area contributed by atoms with Crippen LogP contribution >= 0.6 is 34.7 Å². The molecule has 1 aliphatic carbocycles. The van der Waals surface area contributed by atoms with E-state index < -0.39 is 0 Å². The van der Waals surface area contributed by atoms with Crippen LogP contribution in [0.1, 0.15) is 34.9 Å². The third-order valence-corrected chi connectivity index (χ3v) is 7.78. The number of carbonyl (C=O) groups is 1. The number of nitrogens with one attached hydrogen (secondary N) is 1. The lowest BCUT2D eigenvalue weighted by molar-refractivity contribution is -0.113. The fraction of sp³-hybridized carbons (Fsp3) is 0.250. The van der Waals surface area contributed by atoms with E-state index in [2.05, 4.69) is 28.3 Å². The van der Waals surface area contributed by atoms with Crippen LogP contribution in [0.3, 0.4) is 0 Å². The smallest absolute Gasteiger partial charge is 0.235 e. The first-order valence-electron chi connectivity index (χ1n) is 10.3. The predicted molar refractivity (Wildman–Crippen MR) is 133 cm³/mol. The van der Waals surface area contributed by atoms with Crippen LogP contribution in [0.4, 0.5) is 10.7 Å². The van der Waals surface area contributed by atoms with E-state index in [1.807, 2.05) is 30.3 Å². The normalized spacial score (nSPS) is 15.3. The summed E-state index contributed by atoms with van der Waals surface area (Å²) in [6.45, 7) is 2.23. The van der Waals surface area contributed by atoms with Gasteiger partial charge in [-0.3, -0.25) is 9.79 Å². The molecule has 1 amide bonds. The third-order valence-electron chi connectivity index (χ3n) is 5.23. The van der Waals surface area contributed by atoms with E-state index >= 15 is 0 Å². The van der Waals surface area contributed by atoms with Gasteiger partial charge in [0, 0.05) is 27.7 Å². The molecule has 162 valence electrons. The molecule has 3 aromatic rings. The summed E-state index contributed by atoms with van der Waals surface area (Å²) in [5, 5.41) is 13.7. The third kappa shape index (κ3) is 5.21. The molecule has 4 rings (SSSR count). The first-order valence-corrected chi connectivity index (χ1v) is 12.4. The molecule has 0 saturated heterocycles. The first kappa shape index (κ1) is 22.5. The van der Waals surface area contributed by atoms with Crippen molar-refractivity contribution in [2.24, 2.45) is 10.9 Å². The van der Waals surface area contributed by atoms with Crippen LogP contribution in [-0.4, -0.2) is 22.9 Å². The summed E-state index contributed by atoms with van der Waals surface area (Å²) in [6, 6.07) is 13.6. The summed E-state index contributed by atoms with van der Waals surface area (Å²) in [7, 11) is 0. The number of aliphatic imine (C=N–C) groups is 1. The molecule has 2 heterocycles. The zero-order valence-corrected chi connectivity index (χ0v) is 19.9. The van der Waals surface area contributed by atoms with Crippen molar-refractivity contribution in [3.63, 3.8) is 0 Å². The summed E-state index contributed by atoms with van der Waals surface area (Å²) in [5.41, 5.74) is 3.23. The number of anilines is 1. The number of hydrogen-bond donors (Lipinski definition) is 1. The highest BCUT2D eigenvalue weighted by atomic mass is 35.5. The van der Waals surface area contributed by atoms with Gasteiger partial charge >= 0.3 is 0 Å². The maximum absolute atomic E-state index is 12.7. The fourth-order valence-corrected chi connectivity index (χ4v) is 5.93. The topological polar surface area (TPSA) is 78.1 Å². The number of aromatic nitrogens is 1. The van der Waals surface area contributed by atoms with Gasteiger partial charge in [0.1, 0.15) is 16.2 Å². The monoisotopic (exact) mass is 480 g/mol. The largest absolute Gasteiger partial charge is 0.316 e. The Bertz CT molecular complexity index is 1210. The molecule has 0 aliphatic heterocycles. The number of nitrogens with zero attached hydrogens (tertiary/aromatic N) is 3. The average molecular weight is 481 g/mol. The number of thioether (sulfide) groups is 1. The number of nitriles is 1. The lowest BCUT2D eigenvalue weighted by atomic mass is 9.89. The molecule has 2 aromatic heterocycles. The predicted octanol–water partition coefficient (Wildman–Crippen LogP) is 6.27. The lowest BCUT2D eigenvalue weighted by Crippen LogP contribution is -2.14. The molecule has 0 saturated carbocycles. The molecular formula is C24H21ClN4OS2. The lowest BCUT2D eigenvalue weighted by Gasteiger charge is -2.17. The molecule has 0 fully saturated rings. The van der Waals surface area contributed by atoms with E-state index in [1.54, 1.807) is 29.8 Å². The van der Waals surface area contributed by atoms with E-state index in [0.29, 0.717) is 21.6 Å². The van der Waals surface area contributed by atoms with Gasteiger partial charge in [-0.1, -0.05) is 30.7 Å². The Hall–Kier alpha value is -2.66. The number of fused-ring (bicyclic) bond motifs is 1. The van der Waals surface area contributed by atoms with E-state index in [1.165, 1.54) is 16.6 Å². The molecule has 0 unspecified atom stereocenters. The number of thiophene rings is 1. The second-order valence-electron chi connectivity index (χ2n) is 7.61. The second kappa shape index (κ2) is 10.3. The van der Waals surface area contributed by atoms with E-state index in [-0.39, 0.29) is 11.7 Å². The number of para-hydroxylation sites is 1. The van der Waals surface area contributed by atoms with Gasteiger partial charge < -0.3 is 5.32 Å². The quantitative estimate of drug-likeness (QED) is 0.256. The molecule has 1 aliphatic rings. The summed E-state index contributed by atoms with van der Waals surface area (Å²) in [4.78, 5) is 23.4. The zero-order valence-electron chi connectivity index (χ0n) is 17.5. The Labute approximate surface area is 200 Å². The van der Waals surface area contributed by atoms with Crippen molar-refractivity contribution < 1.29 is 4.79 Å². The van der Waals surface area contributed by atoms with Crippen molar-refractivity contribution in [3.05, 3.63) is 69.3 Å². The van der Waals surface area contributed by atoms with Crippen LogP contribution < -0.4 is 5.32 Å². The van der Waals surface area contributed by atoms with Crippen molar-refractivity contribution in [3.8, 4) is 6.07 Å². The number of hydrogen-bond acceptors (Lipinski definition) is 6. The summed E-state index contributed by atoms with van der Waals surface area (Å²) in [5.74, 6) is 0.710. The maximum atomic E-state index is 12.7. The van der Waals surface area contributed by atoms with Gasteiger partial charge in [0.2, 0.25) is 5.91 Å². The SMILES string of the molecule is C[C@H]1CCc2c(sc(NC(=O)CSc3ccccc3N=Cc3cccnc3Cl)c2C#N)C1. The molecule has 0 radical (unpaired) electrons. The minimum atomic E-state index is -0.132. The van der Waals surface area contributed by atoms with E-state index in [9.17, 15) is 10.1 Å². The molecule has 8 heteroatoms. The van der Waals surface area contributed by atoms with Gasteiger partial charge in [-0.05, 0) is 55.0 Å². The standard InChI is InChI=1S/C24H21ClN4OS2/c1-15-8-9-17-18(12-26)24(32-21(17)11-15)29-22(30)14-31-20-7-3-2-6-19(20)28-13-16-5-4-10-27-23(16)25/h2-7,10,13,15H,8-9,11,14H2,1H3,(H,29,30)/t15-/m0/s1. The average Bonchev–Trinajstić information content (AvgIpc) is 3.13. The summed E-state index contributed by atoms with van der Waals surface area (Å²) in [6.07, 6.45) is 6.28. The molecule has 5 nitrogen and oxygen atoms in total. The van der Waals surface area contributed by atoms with Gasteiger partial charge in [0.15, 0.2) is 0 Å². The minimum Gasteiger partial charge on any atom is -0.316 e. The maximum Gasteiger partial charge on any atom is 0.235 e. The van der Waals surface area contributed by atoms with Crippen LogP contribution in [0.5, 0.6) is 0 Å². The van der Waals surface area contributed by atoms with Crippen molar-refractivity contribution >= 4 is 57.5 Å². The van der Waals surface area contributed by atoms with Gasteiger partial charge in [0.25, 0.3) is 0 Å². The van der Waals surface area contributed by atoms with Crippen molar-refractivity contribution in [2.45, 2.75) is 31.1 Å². The Balaban J connectivity index is 1.43. The molecule has 1 atom stereocenters. The van der Waals surface area contributed by atoms with Crippen molar-refractivity contribution in [1.29, 1.82) is 5.26 Å². The zero-order chi connectivity index (χ0) is 22.5. The van der Waals surface area contributed by atoms with Gasteiger partial charge in [0.05, 0.1) is 17.0 Å². The molecule has 1 N–H and O–H groups in total. The highest BCUT2D eigenvalue weighted by molar-refractivity contribution is 8.00. The Morgan fingerprint density at radius 1 is 1.41 bits per heavy atom. The van der Waals surface area contributed by atoms with E-state index in [0.717, 1.165) is 41.0 Å². The fourth-order valence-electron chi connectivity index (χ4n) is 3.58. The minimum absolute atomic E-state index is 0.132. The molecule has 32 heavy (non-hydrogen) atoms. The van der Waals surface area contributed by atoms with Crippen LogP contribution in [0.2, 0.25) is 5.15 Å². The van der Waals surface area contributed by atoms with Crippen molar-refractivity contribution in [1.82, 2.24) is 4.98 Å². The van der Waals surface area contributed by atoms with E-state index in [4.69, 9.17) is 11.6 Å². The Morgan fingerprint density at radius 3 is 3.06 bits per heavy atom. The number of benzene rings is 1. The molecule has 1 aromatic carbocycles.